The Morgan fingerprint density at radius 2 is 1.61 bits per heavy atom. The molecule has 1 N–H and O–H groups in total. The zero-order valence-electron chi connectivity index (χ0n) is 9.82. The third-order valence-electron chi connectivity index (χ3n) is 2.44. The normalized spacial score (nSPS) is 10.8. The van der Waals surface area contributed by atoms with Crippen molar-refractivity contribution in [2.75, 3.05) is 5.43 Å². The highest BCUT2D eigenvalue weighted by Gasteiger charge is 2.01. The molecule has 2 aromatic rings. The van der Waals surface area contributed by atoms with Crippen molar-refractivity contribution in [3.63, 3.8) is 0 Å². The van der Waals surface area contributed by atoms with Gasteiger partial charge in [-0.3, -0.25) is 5.43 Å². The van der Waals surface area contributed by atoms with Gasteiger partial charge in [-0.05, 0) is 31.2 Å². The van der Waals surface area contributed by atoms with E-state index in [0.29, 0.717) is 15.6 Å². The van der Waals surface area contributed by atoms with Gasteiger partial charge in [0.15, 0.2) is 0 Å². The van der Waals surface area contributed by atoms with E-state index in [1.807, 2.05) is 31.2 Å². The summed E-state index contributed by atoms with van der Waals surface area (Å²) in [5.41, 5.74) is 5.76. The summed E-state index contributed by atoms with van der Waals surface area (Å²) in [5, 5.41) is 5.28. The van der Waals surface area contributed by atoms with Gasteiger partial charge in [-0.25, -0.2) is 0 Å². The number of anilines is 1. The maximum atomic E-state index is 6.03. The Morgan fingerprint density at radius 1 is 1.00 bits per heavy atom. The zero-order valence-corrected chi connectivity index (χ0v) is 11.3. The molecule has 0 atom stereocenters. The van der Waals surface area contributed by atoms with Crippen LogP contribution in [0.15, 0.2) is 47.6 Å². The summed E-state index contributed by atoms with van der Waals surface area (Å²) in [6.45, 7) is 2.04. The van der Waals surface area contributed by atoms with Crippen LogP contribution in [0, 0.1) is 6.92 Å². The maximum Gasteiger partial charge on any atom is 0.0574 e. The fraction of sp³-hybridized carbons (Fsp3) is 0.0714. The van der Waals surface area contributed by atoms with Crippen LogP contribution in [0.25, 0.3) is 0 Å². The number of hydrazone groups is 1. The third-order valence-corrected chi connectivity index (χ3v) is 3.10. The van der Waals surface area contributed by atoms with Crippen molar-refractivity contribution in [2.45, 2.75) is 6.92 Å². The Kier molecular flexibility index (Phi) is 4.24. The highest BCUT2D eigenvalue weighted by molar-refractivity contribution is 6.38. The zero-order chi connectivity index (χ0) is 13.0. The Morgan fingerprint density at radius 3 is 2.22 bits per heavy atom. The van der Waals surface area contributed by atoms with Gasteiger partial charge in [0.1, 0.15) is 0 Å². The first kappa shape index (κ1) is 12.9. The summed E-state index contributed by atoms with van der Waals surface area (Å²) in [5.74, 6) is 0. The van der Waals surface area contributed by atoms with E-state index < -0.39 is 0 Å². The minimum atomic E-state index is 0.581. The molecule has 2 nitrogen and oxygen atoms in total. The van der Waals surface area contributed by atoms with Crippen LogP contribution < -0.4 is 5.43 Å². The number of nitrogens with zero attached hydrogens (tertiary/aromatic N) is 1. The quantitative estimate of drug-likeness (QED) is 0.636. The van der Waals surface area contributed by atoms with E-state index in [1.165, 1.54) is 5.56 Å². The van der Waals surface area contributed by atoms with Gasteiger partial charge in [0.05, 0.1) is 21.9 Å². The smallest absolute Gasteiger partial charge is 0.0574 e. The van der Waals surface area contributed by atoms with Crippen LogP contribution in [0.1, 0.15) is 11.1 Å². The van der Waals surface area contributed by atoms with E-state index in [-0.39, 0.29) is 0 Å². The van der Waals surface area contributed by atoms with Gasteiger partial charge in [0, 0.05) is 5.56 Å². The molecular formula is C14H12Cl2N2. The molecule has 0 radical (unpaired) electrons. The van der Waals surface area contributed by atoms with Crippen molar-refractivity contribution in [3.05, 3.63) is 63.6 Å². The van der Waals surface area contributed by atoms with Crippen molar-refractivity contribution in [1.82, 2.24) is 0 Å². The Bertz CT molecular complexity index is 542. The first-order valence-corrected chi connectivity index (χ1v) is 6.22. The number of benzene rings is 2. The molecule has 4 heteroatoms. The van der Waals surface area contributed by atoms with Crippen LogP contribution in [0.3, 0.4) is 0 Å². The lowest BCUT2D eigenvalue weighted by atomic mass is 10.2. The fourth-order valence-electron chi connectivity index (χ4n) is 1.43. The molecule has 2 rings (SSSR count). The molecule has 0 aliphatic rings. The van der Waals surface area contributed by atoms with Crippen molar-refractivity contribution < 1.29 is 0 Å². The van der Waals surface area contributed by atoms with E-state index in [9.17, 15) is 0 Å². The minimum absolute atomic E-state index is 0.581. The molecule has 18 heavy (non-hydrogen) atoms. The van der Waals surface area contributed by atoms with E-state index in [4.69, 9.17) is 23.2 Å². The topological polar surface area (TPSA) is 24.4 Å². The summed E-state index contributed by atoms with van der Waals surface area (Å²) >= 11 is 12.1. The van der Waals surface area contributed by atoms with Gasteiger partial charge < -0.3 is 0 Å². The molecule has 0 amide bonds. The first-order chi connectivity index (χ1) is 8.66. The summed E-state index contributed by atoms with van der Waals surface area (Å²) in [6.07, 6.45) is 1.62. The molecule has 0 aromatic heterocycles. The predicted octanol–water partition coefficient (Wildman–Crippen LogP) is 4.75. The molecule has 0 unspecified atom stereocenters. The third kappa shape index (κ3) is 3.25. The van der Waals surface area contributed by atoms with Crippen LogP contribution in [-0.2, 0) is 0 Å². The van der Waals surface area contributed by atoms with Gasteiger partial charge in [-0.1, -0.05) is 47.0 Å². The van der Waals surface area contributed by atoms with Crippen molar-refractivity contribution in [2.24, 2.45) is 5.10 Å². The summed E-state index contributed by atoms with van der Waals surface area (Å²) in [6, 6.07) is 13.3. The molecule has 0 bridgehead atoms. The lowest BCUT2D eigenvalue weighted by Gasteiger charge is -2.02. The van der Waals surface area contributed by atoms with Crippen LogP contribution in [0.2, 0.25) is 10.0 Å². The number of hydrogen-bond donors (Lipinski definition) is 1. The summed E-state index contributed by atoms with van der Waals surface area (Å²) < 4.78 is 0. The summed E-state index contributed by atoms with van der Waals surface area (Å²) in [7, 11) is 0. The monoisotopic (exact) mass is 278 g/mol. The molecule has 0 fully saturated rings. The van der Waals surface area contributed by atoms with E-state index in [1.54, 1.807) is 24.4 Å². The lowest BCUT2D eigenvalue weighted by molar-refractivity contribution is 1.34. The van der Waals surface area contributed by atoms with Crippen LogP contribution >= 0.6 is 23.2 Å². The second kappa shape index (κ2) is 5.89. The molecule has 0 spiro atoms. The predicted molar refractivity (Wildman–Crippen MR) is 78.9 cm³/mol. The van der Waals surface area contributed by atoms with E-state index in [0.717, 1.165) is 5.69 Å². The van der Waals surface area contributed by atoms with Crippen molar-refractivity contribution in [1.29, 1.82) is 0 Å². The molecule has 0 aliphatic heterocycles. The number of nitrogens with one attached hydrogen (secondary N) is 1. The van der Waals surface area contributed by atoms with Gasteiger partial charge in [-0.15, -0.1) is 0 Å². The number of halogens is 2. The molecule has 0 heterocycles. The Hall–Kier alpha value is -1.51. The maximum absolute atomic E-state index is 6.03. The number of aryl methyl sites for hydroxylation is 1. The van der Waals surface area contributed by atoms with E-state index >= 15 is 0 Å². The van der Waals surface area contributed by atoms with Gasteiger partial charge in [0.25, 0.3) is 0 Å². The molecule has 0 aliphatic carbocycles. The Labute approximate surface area is 116 Å². The lowest BCUT2D eigenvalue weighted by Crippen LogP contribution is -1.92. The first-order valence-electron chi connectivity index (χ1n) is 5.46. The second-order valence-corrected chi connectivity index (χ2v) is 4.69. The molecular weight excluding hydrogens is 267 g/mol. The van der Waals surface area contributed by atoms with Crippen LogP contribution in [0.4, 0.5) is 5.69 Å². The Balaban J connectivity index is 2.10. The molecule has 2 aromatic carbocycles. The largest absolute Gasteiger partial charge is 0.279 e. The van der Waals surface area contributed by atoms with Gasteiger partial charge in [0.2, 0.25) is 0 Å². The van der Waals surface area contributed by atoms with Crippen LogP contribution in [0.5, 0.6) is 0 Å². The molecule has 0 saturated heterocycles. The van der Waals surface area contributed by atoms with Gasteiger partial charge in [-0.2, -0.15) is 5.10 Å². The standard InChI is InChI=1S/C14H12Cl2N2/c1-10-5-7-11(8-6-10)18-17-9-12-13(15)3-2-4-14(12)16/h2-9,18H,1H3/b17-9+. The van der Waals surface area contributed by atoms with E-state index in [2.05, 4.69) is 10.5 Å². The molecule has 0 saturated carbocycles. The van der Waals surface area contributed by atoms with Crippen molar-refractivity contribution in [3.8, 4) is 0 Å². The number of rotatable bonds is 3. The summed E-state index contributed by atoms with van der Waals surface area (Å²) in [4.78, 5) is 0. The molecule has 92 valence electrons. The number of hydrogen-bond acceptors (Lipinski definition) is 2. The highest BCUT2D eigenvalue weighted by Crippen LogP contribution is 2.22. The highest BCUT2D eigenvalue weighted by atomic mass is 35.5. The SMILES string of the molecule is Cc1ccc(N/N=C/c2c(Cl)cccc2Cl)cc1. The average Bonchev–Trinajstić information content (AvgIpc) is 2.35. The fourth-order valence-corrected chi connectivity index (χ4v) is 1.93. The van der Waals surface area contributed by atoms with Gasteiger partial charge >= 0.3 is 0 Å². The average molecular weight is 279 g/mol. The minimum Gasteiger partial charge on any atom is -0.279 e. The van der Waals surface area contributed by atoms with Crippen LogP contribution in [-0.4, -0.2) is 6.21 Å². The van der Waals surface area contributed by atoms with Crippen molar-refractivity contribution >= 4 is 35.1 Å². The second-order valence-electron chi connectivity index (χ2n) is 3.87.